The average Bonchev–Trinajstić information content (AvgIpc) is 2.42. The number of hydrogen-bond acceptors (Lipinski definition) is 2. The second kappa shape index (κ2) is 5.52. The van der Waals surface area contributed by atoms with Crippen LogP contribution in [-0.2, 0) is 5.41 Å². The Kier molecular flexibility index (Phi) is 3.98. The van der Waals surface area contributed by atoms with Crippen molar-refractivity contribution in [1.29, 1.82) is 0 Å². The van der Waals surface area contributed by atoms with Crippen LogP contribution in [0.25, 0.3) is 0 Å². The Labute approximate surface area is 116 Å². The molecule has 0 aromatic heterocycles. The quantitative estimate of drug-likeness (QED) is 0.762. The Morgan fingerprint density at radius 1 is 1.47 bits per heavy atom. The summed E-state index contributed by atoms with van der Waals surface area (Å²) in [4.78, 5) is 2.26. The third kappa shape index (κ3) is 2.53. The van der Waals surface area contributed by atoms with E-state index in [9.17, 15) is 0 Å². The first-order valence-electron chi connectivity index (χ1n) is 6.77. The molecule has 0 bridgehead atoms. The molecule has 0 spiro atoms. The fourth-order valence-corrected chi connectivity index (χ4v) is 3.00. The van der Waals surface area contributed by atoms with E-state index in [-0.39, 0.29) is 5.41 Å². The van der Waals surface area contributed by atoms with Crippen LogP contribution < -0.4 is 4.74 Å². The maximum Gasteiger partial charge on any atom is 0.119 e. The van der Waals surface area contributed by atoms with Gasteiger partial charge in [0.1, 0.15) is 5.75 Å². The molecule has 0 saturated heterocycles. The van der Waals surface area contributed by atoms with Crippen molar-refractivity contribution in [2.45, 2.75) is 25.2 Å². The maximum atomic E-state index is 5.37. The SMILES string of the molecule is C=CCC1(c2cccc(OC)c2)CCN(C)C=C1C. The van der Waals surface area contributed by atoms with Crippen molar-refractivity contribution in [2.24, 2.45) is 0 Å². The van der Waals surface area contributed by atoms with E-state index >= 15 is 0 Å². The Morgan fingerprint density at radius 2 is 2.26 bits per heavy atom. The molecule has 0 saturated carbocycles. The molecule has 1 aliphatic heterocycles. The van der Waals surface area contributed by atoms with Gasteiger partial charge in [0.05, 0.1) is 7.11 Å². The highest BCUT2D eigenvalue weighted by molar-refractivity contribution is 5.41. The lowest BCUT2D eigenvalue weighted by Crippen LogP contribution is -2.36. The van der Waals surface area contributed by atoms with Crippen LogP contribution in [0.15, 0.2) is 48.7 Å². The molecule has 1 atom stereocenters. The Balaban J connectivity index is 2.49. The molecule has 2 heteroatoms. The lowest BCUT2D eigenvalue weighted by molar-refractivity contribution is 0.324. The van der Waals surface area contributed by atoms with Gasteiger partial charge in [-0.3, -0.25) is 0 Å². The van der Waals surface area contributed by atoms with Crippen LogP contribution in [0.1, 0.15) is 25.3 Å². The van der Waals surface area contributed by atoms with Gasteiger partial charge >= 0.3 is 0 Å². The van der Waals surface area contributed by atoms with E-state index in [1.54, 1.807) is 7.11 Å². The second-order valence-corrected chi connectivity index (χ2v) is 5.35. The van der Waals surface area contributed by atoms with E-state index in [1.807, 2.05) is 12.1 Å². The molecule has 0 fully saturated rings. The molecule has 1 heterocycles. The number of methoxy groups -OCH3 is 1. The van der Waals surface area contributed by atoms with Crippen LogP contribution in [0.2, 0.25) is 0 Å². The summed E-state index contributed by atoms with van der Waals surface area (Å²) in [5.41, 5.74) is 2.80. The molecule has 0 radical (unpaired) electrons. The highest BCUT2D eigenvalue weighted by Crippen LogP contribution is 2.42. The third-order valence-electron chi connectivity index (χ3n) is 4.18. The Hall–Kier alpha value is -1.70. The van der Waals surface area contributed by atoms with Crippen LogP contribution in [0, 0.1) is 0 Å². The van der Waals surface area contributed by atoms with E-state index in [0.29, 0.717) is 0 Å². The van der Waals surface area contributed by atoms with Crippen molar-refractivity contribution in [1.82, 2.24) is 4.90 Å². The lowest BCUT2D eigenvalue weighted by atomic mass is 9.68. The summed E-state index contributed by atoms with van der Waals surface area (Å²) in [6.45, 7) is 7.24. The van der Waals surface area contributed by atoms with Crippen molar-refractivity contribution >= 4 is 0 Å². The summed E-state index contributed by atoms with van der Waals surface area (Å²) in [5.74, 6) is 0.924. The normalized spacial score (nSPS) is 22.9. The maximum absolute atomic E-state index is 5.37. The number of allylic oxidation sites excluding steroid dienone is 2. The van der Waals surface area contributed by atoms with Gasteiger partial charge < -0.3 is 9.64 Å². The summed E-state index contributed by atoms with van der Waals surface area (Å²) in [7, 11) is 3.85. The second-order valence-electron chi connectivity index (χ2n) is 5.35. The highest BCUT2D eigenvalue weighted by atomic mass is 16.5. The van der Waals surface area contributed by atoms with Crippen LogP contribution >= 0.6 is 0 Å². The van der Waals surface area contributed by atoms with Crippen LogP contribution in [0.4, 0.5) is 0 Å². The fourth-order valence-electron chi connectivity index (χ4n) is 3.00. The number of rotatable bonds is 4. The molecule has 0 aliphatic carbocycles. The predicted octanol–water partition coefficient (Wildman–Crippen LogP) is 3.75. The van der Waals surface area contributed by atoms with Crippen LogP contribution in [0.5, 0.6) is 5.75 Å². The summed E-state index contributed by atoms with van der Waals surface area (Å²) in [6, 6.07) is 8.44. The van der Waals surface area contributed by atoms with Crippen molar-refractivity contribution in [3.05, 3.63) is 54.3 Å². The molecule has 0 amide bonds. The summed E-state index contributed by atoms with van der Waals surface area (Å²) in [6.07, 6.45) is 6.37. The van der Waals surface area contributed by atoms with Gasteiger partial charge in [-0.15, -0.1) is 6.58 Å². The lowest BCUT2D eigenvalue weighted by Gasteiger charge is -2.40. The van der Waals surface area contributed by atoms with E-state index in [0.717, 1.165) is 25.1 Å². The highest BCUT2D eigenvalue weighted by Gasteiger charge is 2.35. The molecular weight excluding hydrogens is 234 g/mol. The monoisotopic (exact) mass is 257 g/mol. The average molecular weight is 257 g/mol. The molecule has 102 valence electrons. The first kappa shape index (κ1) is 13.7. The molecule has 2 rings (SSSR count). The minimum atomic E-state index is 0.0722. The summed E-state index contributed by atoms with van der Waals surface area (Å²) < 4.78 is 5.37. The smallest absolute Gasteiger partial charge is 0.119 e. The molecule has 1 aromatic rings. The summed E-state index contributed by atoms with van der Waals surface area (Å²) >= 11 is 0. The first-order chi connectivity index (χ1) is 9.12. The number of ether oxygens (including phenoxy) is 1. The number of benzene rings is 1. The fraction of sp³-hybridized carbons (Fsp3) is 0.412. The zero-order valence-corrected chi connectivity index (χ0v) is 12.1. The standard InChI is InChI=1S/C17H23NO/c1-5-9-17(10-11-18(3)13-14(17)2)15-7-6-8-16(12-15)19-4/h5-8,12-13H,1,9-11H2,2-4H3. The van der Waals surface area contributed by atoms with Crippen molar-refractivity contribution in [3.8, 4) is 5.75 Å². The van der Waals surface area contributed by atoms with Crippen molar-refractivity contribution in [2.75, 3.05) is 20.7 Å². The minimum absolute atomic E-state index is 0.0722. The van der Waals surface area contributed by atoms with Gasteiger partial charge in [0.15, 0.2) is 0 Å². The number of hydrogen-bond donors (Lipinski definition) is 0. The number of nitrogens with zero attached hydrogens (tertiary/aromatic N) is 1. The largest absolute Gasteiger partial charge is 0.497 e. The van der Waals surface area contributed by atoms with Gasteiger partial charge in [-0.1, -0.05) is 18.2 Å². The molecule has 2 nitrogen and oxygen atoms in total. The molecular formula is C17H23NO. The van der Waals surface area contributed by atoms with Crippen LogP contribution in [0.3, 0.4) is 0 Å². The van der Waals surface area contributed by atoms with Gasteiger partial charge in [0, 0.05) is 19.0 Å². The first-order valence-corrected chi connectivity index (χ1v) is 6.77. The molecule has 1 unspecified atom stereocenters. The van der Waals surface area contributed by atoms with E-state index in [2.05, 4.69) is 49.8 Å². The van der Waals surface area contributed by atoms with E-state index in [4.69, 9.17) is 4.74 Å². The van der Waals surface area contributed by atoms with E-state index < -0.39 is 0 Å². The molecule has 1 aliphatic rings. The van der Waals surface area contributed by atoms with Gasteiger partial charge in [-0.2, -0.15) is 0 Å². The Morgan fingerprint density at radius 3 is 2.89 bits per heavy atom. The van der Waals surface area contributed by atoms with Gasteiger partial charge in [0.25, 0.3) is 0 Å². The van der Waals surface area contributed by atoms with E-state index in [1.165, 1.54) is 11.1 Å². The minimum Gasteiger partial charge on any atom is -0.497 e. The van der Waals surface area contributed by atoms with Crippen LogP contribution in [-0.4, -0.2) is 25.6 Å². The van der Waals surface area contributed by atoms with Gasteiger partial charge in [-0.05, 0) is 49.2 Å². The molecule has 19 heavy (non-hydrogen) atoms. The van der Waals surface area contributed by atoms with Crippen molar-refractivity contribution < 1.29 is 4.74 Å². The predicted molar refractivity (Wildman–Crippen MR) is 80.5 cm³/mol. The van der Waals surface area contributed by atoms with Crippen molar-refractivity contribution in [3.63, 3.8) is 0 Å². The molecule has 1 aromatic carbocycles. The Bertz CT molecular complexity index is 492. The zero-order chi connectivity index (χ0) is 13.9. The van der Waals surface area contributed by atoms with Gasteiger partial charge in [0.2, 0.25) is 0 Å². The molecule has 0 N–H and O–H groups in total. The summed E-state index contributed by atoms with van der Waals surface area (Å²) in [5, 5.41) is 0. The topological polar surface area (TPSA) is 12.5 Å². The third-order valence-corrected chi connectivity index (χ3v) is 4.18. The zero-order valence-electron chi connectivity index (χ0n) is 12.1. The van der Waals surface area contributed by atoms with Gasteiger partial charge in [-0.25, -0.2) is 0 Å².